The summed E-state index contributed by atoms with van der Waals surface area (Å²) in [5.41, 5.74) is 0.211. The third kappa shape index (κ3) is 3.36. The highest BCUT2D eigenvalue weighted by Crippen LogP contribution is 2.43. The van der Waals surface area contributed by atoms with E-state index in [1.165, 1.54) is 17.8 Å². The minimum atomic E-state index is -0.534. The van der Waals surface area contributed by atoms with E-state index in [0.29, 0.717) is 15.1 Å². The van der Waals surface area contributed by atoms with Gasteiger partial charge in [-0.1, -0.05) is 36.1 Å². The number of rotatable bonds is 5. The van der Waals surface area contributed by atoms with E-state index < -0.39 is 5.54 Å². The number of nitriles is 1. The molecule has 2 fully saturated rings. The maximum absolute atomic E-state index is 12.7. The van der Waals surface area contributed by atoms with E-state index in [0.717, 1.165) is 44.2 Å². The molecule has 2 saturated carbocycles. The zero-order valence-corrected chi connectivity index (χ0v) is 15.9. The fourth-order valence-corrected chi connectivity index (χ4v) is 4.63. The Morgan fingerprint density at radius 3 is 2.77 bits per heavy atom. The van der Waals surface area contributed by atoms with E-state index in [1.807, 2.05) is 6.20 Å². The van der Waals surface area contributed by atoms with Gasteiger partial charge in [0.25, 0.3) is 5.91 Å². The number of halogens is 1. The summed E-state index contributed by atoms with van der Waals surface area (Å²) in [5, 5.41) is 21.1. The quantitative estimate of drug-likeness (QED) is 0.835. The van der Waals surface area contributed by atoms with Crippen molar-refractivity contribution in [1.29, 1.82) is 5.26 Å². The molecule has 136 valence electrons. The number of carbonyl (C=O) groups is 1. The van der Waals surface area contributed by atoms with Crippen LogP contribution in [0.25, 0.3) is 0 Å². The lowest BCUT2D eigenvalue weighted by atomic mass is 9.82. The first-order valence-corrected chi connectivity index (χ1v) is 10.2. The van der Waals surface area contributed by atoms with Crippen LogP contribution < -0.4 is 5.32 Å². The fraction of sp³-hybridized carbons (Fsp3) is 0.556. The Bertz CT molecular complexity index is 844. The van der Waals surface area contributed by atoms with Crippen LogP contribution in [-0.4, -0.2) is 20.9 Å². The predicted octanol–water partition coefficient (Wildman–Crippen LogP) is 4.06. The average molecular weight is 390 g/mol. The van der Waals surface area contributed by atoms with Gasteiger partial charge in [-0.2, -0.15) is 5.26 Å². The molecule has 2 aliphatic carbocycles. The van der Waals surface area contributed by atoms with Crippen LogP contribution in [0.2, 0.25) is 4.34 Å². The second-order valence-corrected chi connectivity index (χ2v) is 8.90. The zero-order chi connectivity index (χ0) is 18.1. The van der Waals surface area contributed by atoms with Gasteiger partial charge in [0.05, 0.1) is 27.5 Å². The first kappa shape index (κ1) is 17.5. The second-order valence-electron chi connectivity index (χ2n) is 7.18. The summed E-state index contributed by atoms with van der Waals surface area (Å²) in [5.74, 6) is 0.207. The van der Waals surface area contributed by atoms with Crippen LogP contribution in [-0.2, 0) is 5.54 Å². The molecule has 6 nitrogen and oxygen atoms in total. The van der Waals surface area contributed by atoms with Crippen LogP contribution in [0.5, 0.6) is 0 Å². The highest BCUT2D eigenvalue weighted by atomic mass is 35.5. The minimum Gasteiger partial charge on any atom is -0.343 e. The monoisotopic (exact) mass is 389 g/mol. The maximum atomic E-state index is 12.7. The van der Waals surface area contributed by atoms with Gasteiger partial charge in [0.2, 0.25) is 0 Å². The Morgan fingerprint density at radius 2 is 2.15 bits per heavy atom. The molecule has 8 heteroatoms. The molecule has 1 atom stereocenters. The van der Waals surface area contributed by atoms with E-state index in [2.05, 4.69) is 21.7 Å². The number of hydrogen-bond acceptors (Lipinski definition) is 5. The number of carbonyl (C=O) groups excluding carboxylic acids is 1. The van der Waals surface area contributed by atoms with Crippen LogP contribution >= 0.6 is 22.9 Å². The van der Waals surface area contributed by atoms with Crippen molar-refractivity contribution in [3.63, 3.8) is 0 Å². The summed E-state index contributed by atoms with van der Waals surface area (Å²) >= 11 is 7.24. The van der Waals surface area contributed by atoms with Gasteiger partial charge in [-0.15, -0.1) is 16.4 Å². The lowest BCUT2D eigenvalue weighted by Gasteiger charge is -2.29. The molecule has 0 aromatic carbocycles. The minimum absolute atomic E-state index is 0.131. The zero-order valence-electron chi connectivity index (χ0n) is 14.3. The van der Waals surface area contributed by atoms with E-state index >= 15 is 0 Å². The first-order chi connectivity index (χ1) is 12.6. The molecule has 0 aliphatic heterocycles. The van der Waals surface area contributed by atoms with Gasteiger partial charge in [0, 0.05) is 0 Å². The van der Waals surface area contributed by atoms with E-state index in [9.17, 15) is 10.1 Å². The van der Waals surface area contributed by atoms with Gasteiger partial charge in [0.1, 0.15) is 5.69 Å². The molecule has 26 heavy (non-hydrogen) atoms. The van der Waals surface area contributed by atoms with Gasteiger partial charge in [0.15, 0.2) is 5.54 Å². The summed E-state index contributed by atoms with van der Waals surface area (Å²) in [6, 6.07) is 5.62. The van der Waals surface area contributed by atoms with Gasteiger partial charge in [-0.25, -0.2) is 4.68 Å². The van der Waals surface area contributed by atoms with Crippen molar-refractivity contribution in [2.45, 2.75) is 56.5 Å². The Morgan fingerprint density at radius 1 is 1.38 bits per heavy atom. The van der Waals surface area contributed by atoms with Crippen molar-refractivity contribution < 1.29 is 4.79 Å². The van der Waals surface area contributed by atoms with Gasteiger partial charge in [-0.05, 0) is 43.7 Å². The standard InChI is InChI=1S/C18H20ClN5OS/c19-15-7-6-14(26-15)17(25)21-16(12-4-2-1-3-5-12)13-10-24(23-22-13)18(11-20)8-9-18/h6-7,10,12,16H,1-5,8-9H2,(H,21,25)/t16-/m0/s1. The van der Waals surface area contributed by atoms with Crippen molar-refractivity contribution in [1.82, 2.24) is 20.3 Å². The summed E-state index contributed by atoms with van der Waals surface area (Å²) < 4.78 is 2.27. The van der Waals surface area contributed by atoms with E-state index in [1.54, 1.807) is 16.8 Å². The normalized spacial score (nSPS) is 20.3. The Labute approximate surface area is 161 Å². The summed E-state index contributed by atoms with van der Waals surface area (Å²) in [4.78, 5) is 13.3. The maximum Gasteiger partial charge on any atom is 0.261 e. The summed E-state index contributed by atoms with van der Waals surface area (Å²) in [6.45, 7) is 0. The molecule has 2 aromatic heterocycles. The number of nitrogens with one attached hydrogen (secondary N) is 1. The second kappa shape index (κ2) is 7.01. The van der Waals surface area contributed by atoms with Gasteiger partial charge >= 0.3 is 0 Å². The highest BCUT2D eigenvalue weighted by molar-refractivity contribution is 7.18. The molecule has 1 N–H and O–H groups in total. The lowest BCUT2D eigenvalue weighted by Crippen LogP contribution is -2.34. The van der Waals surface area contributed by atoms with Crippen molar-refractivity contribution in [3.05, 3.63) is 33.2 Å². The summed E-state index contributed by atoms with van der Waals surface area (Å²) in [6.07, 6.45) is 9.15. The van der Waals surface area contributed by atoms with Crippen molar-refractivity contribution in [2.75, 3.05) is 0 Å². The van der Waals surface area contributed by atoms with Crippen LogP contribution in [0.1, 0.15) is 66.4 Å². The molecule has 0 radical (unpaired) electrons. The average Bonchev–Trinajstić information content (AvgIpc) is 3.09. The molecule has 0 spiro atoms. The number of hydrogen-bond donors (Lipinski definition) is 1. The molecule has 0 saturated heterocycles. The van der Waals surface area contributed by atoms with E-state index in [4.69, 9.17) is 11.6 Å². The predicted molar refractivity (Wildman–Crippen MR) is 99.0 cm³/mol. The van der Waals surface area contributed by atoms with Gasteiger partial charge < -0.3 is 5.32 Å². The number of thiophene rings is 1. The topological polar surface area (TPSA) is 83.6 Å². The number of amides is 1. The Balaban J connectivity index is 1.58. The molecule has 0 bridgehead atoms. The molecular weight excluding hydrogens is 370 g/mol. The molecule has 4 rings (SSSR count). The third-order valence-corrected chi connectivity index (χ3v) is 6.63. The van der Waals surface area contributed by atoms with Crippen LogP contribution in [0.3, 0.4) is 0 Å². The molecule has 2 heterocycles. The molecule has 2 aromatic rings. The SMILES string of the molecule is N#CC1(n2cc([C@@H](NC(=O)c3ccc(Cl)s3)C3CCCCC3)nn2)CC1. The first-order valence-electron chi connectivity index (χ1n) is 9.01. The Kier molecular flexibility index (Phi) is 4.72. The molecule has 0 unspecified atom stereocenters. The number of nitrogens with zero attached hydrogens (tertiary/aromatic N) is 4. The van der Waals surface area contributed by atoms with Crippen molar-refractivity contribution >= 4 is 28.8 Å². The van der Waals surface area contributed by atoms with Crippen molar-refractivity contribution in [2.24, 2.45) is 5.92 Å². The number of aromatic nitrogens is 3. The van der Waals surface area contributed by atoms with Crippen molar-refractivity contribution in [3.8, 4) is 6.07 Å². The van der Waals surface area contributed by atoms with Crippen LogP contribution in [0.15, 0.2) is 18.3 Å². The van der Waals surface area contributed by atoms with Crippen LogP contribution in [0.4, 0.5) is 0 Å². The lowest BCUT2D eigenvalue weighted by molar-refractivity contribution is 0.0915. The molecule has 2 aliphatic rings. The smallest absolute Gasteiger partial charge is 0.261 e. The molecular formula is C18H20ClN5OS. The highest BCUT2D eigenvalue weighted by Gasteiger charge is 2.47. The molecule has 1 amide bonds. The Hall–Kier alpha value is -1.91. The summed E-state index contributed by atoms with van der Waals surface area (Å²) in [7, 11) is 0. The van der Waals surface area contributed by atoms with E-state index in [-0.39, 0.29) is 11.9 Å². The van der Waals surface area contributed by atoms with Crippen LogP contribution in [0, 0.1) is 17.2 Å². The fourth-order valence-electron chi connectivity index (χ4n) is 3.69. The van der Waals surface area contributed by atoms with Gasteiger partial charge in [-0.3, -0.25) is 4.79 Å². The largest absolute Gasteiger partial charge is 0.343 e. The third-order valence-electron chi connectivity index (χ3n) is 5.40.